The van der Waals surface area contributed by atoms with E-state index in [1.54, 1.807) is 5.56 Å². The van der Waals surface area contributed by atoms with Gasteiger partial charge in [-0.15, -0.1) is 0 Å². The smallest absolute Gasteiger partial charge is 0.0208 e. The summed E-state index contributed by atoms with van der Waals surface area (Å²) >= 11 is 0. The second-order valence-electron chi connectivity index (χ2n) is 4.46. The first kappa shape index (κ1) is 9.72. The van der Waals surface area contributed by atoms with Crippen LogP contribution < -0.4 is 5.32 Å². The number of nitrogens with one attached hydrogen (secondary N) is 1. The van der Waals surface area contributed by atoms with Gasteiger partial charge in [0.1, 0.15) is 0 Å². The number of benzene rings is 1. The first-order chi connectivity index (χ1) is 6.77. The van der Waals surface area contributed by atoms with E-state index in [4.69, 9.17) is 0 Å². The lowest BCUT2D eigenvalue weighted by molar-refractivity contribution is 0.681. The first-order valence-electron chi connectivity index (χ1n) is 5.60. The maximum Gasteiger partial charge on any atom is 0.0208 e. The normalized spacial score (nSPS) is 16.5. The van der Waals surface area contributed by atoms with E-state index < -0.39 is 0 Å². The van der Waals surface area contributed by atoms with Crippen molar-refractivity contribution in [3.8, 4) is 0 Å². The van der Waals surface area contributed by atoms with E-state index in [1.807, 2.05) is 0 Å². The van der Waals surface area contributed by atoms with Crippen LogP contribution in [0.25, 0.3) is 0 Å². The van der Waals surface area contributed by atoms with Gasteiger partial charge >= 0.3 is 0 Å². The zero-order valence-corrected chi connectivity index (χ0v) is 9.14. The lowest BCUT2D eigenvalue weighted by Crippen LogP contribution is -2.11. The summed E-state index contributed by atoms with van der Waals surface area (Å²) in [4.78, 5) is 0. The Bertz CT molecular complexity index is 315. The highest BCUT2D eigenvalue weighted by molar-refractivity contribution is 5.34. The van der Waals surface area contributed by atoms with Gasteiger partial charge in [-0.3, -0.25) is 0 Å². The van der Waals surface area contributed by atoms with Gasteiger partial charge in [-0.25, -0.2) is 0 Å². The predicted molar refractivity (Wildman–Crippen MR) is 60.6 cm³/mol. The maximum atomic E-state index is 3.45. The van der Waals surface area contributed by atoms with E-state index in [1.165, 1.54) is 24.0 Å². The minimum absolute atomic E-state index is 0.650. The Kier molecular flexibility index (Phi) is 2.87. The number of hydrogen-bond donors (Lipinski definition) is 1. The minimum atomic E-state index is 0.650. The van der Waals surface area contributed by atoms with Crippen molar-refractivity contribution in [3.05, 3.63) is 34.9 Å². The molecule has 1 N–H and O–H groups in total. The Morgan fingerprint density at radius 1 is 1.21 bits per heavy atom. The molecular weight excluding hydrogens is 170 g/mol. The summed E-state index contributed by atoms with van der Waals surface area (Å²) in [6.45, 7) is 6.73. The van der Waals surface area contributed by atoms with Crippen molar-refractivity contribution in [2.24, 2.45) is 0 Å². The molecule has 2 rings (SSSR count). The number of rotatable bonds is 1. The first-order valence-corrected chi connectivity index (χ1v) is 5.60. The van der Waals surface area contributed by atoms with Gasteiger partial charge < -0.3 is 5.32 Å². The molecule has 1 nitrogen and oxygen atoms in total. The van der Waals surface area contributed by atoms with E-state index in [0.717, 1.165) is 13.1 Å². The lowest BCUT2D eigenvalue weighted by atomic mass is 9.96. The second kappa shape index (κ2) is 4.14. The van der Waals surface area contributed by atoms with Crippen LogP contribution in [-0.2, 0) is 13.0 Å². The molecule has 1 aromatic carbocycles. The third-order valence-corrected chi connectivity index (χ3v) is 3.01. The van der Waals surface area contributed by atoms with Crippen molar-refractivity contribution in [1.82, 2.24) is 5.32 Å². The van der Waals surface area contributed by atoms with E-state index in [9.17, 15) is 0 Å². The average molecular weight is 189 g/mol. The highest BCUT2D eigenvalue weighted by Gasteiger charge is 2.08. The summed E-state index contributed by atoms with van der Waals surface area (Å²) < 4.78 is 0. The fraction of sp³-hybridized carbons (Fsp3) is 0.538. The summed E-state index contributed by atoms with van der Waals surface area (Å²) in [6.07, 6.45) is 2.51. The molecule has 0 atom stereocenters. The molecule has 0 saturated heterocycles. The van der Waals surface area contributed by atoms with Gasteiger partial charge in [0.05, 0.1) is 0 Å². The van der Waals surface area contributed by atoms with E-state index in [2.05, 4.69) is 37.4 Å². The van der Waals surface area contributed by atoms with Crippen molar-refractivity contribution in [2.45, 2.75) is 39.2 Å². The van der Waals surface area contributed by atoms with Crippen LogP contribution in [0.4, 0.5) is 0 Å². The topological polar surface area (TPSA) is 12.0 Å². The molecule has 1 heterocycles. The fourth-order valence-electron chi connectivity index (χ4n) is 2.04. The summed E-state index contributed by atoms with van der Waals surface area (Å²) in [5.74, 6) is 0.650. The highest BCUT2D eigenvalue weighted by atomic mass is 14.8. The van der Waals surface area contributed by atoms with Crippen LogP contribution in [0.3, 0.4) is 0 Å². The van der Waals surface area contributed by atoms with Gasteiger partial charge in [0, 0.05) is 6.54 Å². The molecular formula is C13H19N. The summed E-state index contributed by atoms with van der Waals surface area (Å²) in [5.41, 5.74) is 4.53. The Morgan fingerprint density at radius 3 is 2.86 bits per heavy atom. The van der Waals surface area contributed by atoms with Crippen molar-refractivity contribution in [1.29, 1.82) is 0 Å². The van der Waals surface area contributed by atoms with Gasteiger partial charge in [-0.05, 0) is 42.0 Å². The average Bonchev–Trinajstić information content (AvgIpc) is 2.41. The Hall–Kier alpha value is -0.820. The molecule has 0 unspecified atom stereocenters. The van der Waals surface area contributed by atoms with Crippen LogP contribution in [0.5, 0.6) is 0 Å². The summed E-state index contributed by atoms with van der Waals surface area (Å²) in [6, 6.07) is 6.96. The quantitative estimate of drug-likeness (QED) is 0.716. The molecule has 0 radical (unpaired) electrons. The zero-order valence-electron chi connectivity index (χ0n) is 9.14. The van der Waals surface area contributed by atoms with Crippen molar-refractivity contribution >= 4 is 0 Å². The molecule has 0 fully saturated rings. The number of aryl methyl sites for hydroxylation is 1. The molecule has 0 aliphatic carbocycles. The summed E-state index contributed by atoms with van der Waals surface area (Å²) in [7, 11) is 0. The van der Waals surface area contributed by atoms with Crippen LogP contribution in [0, 0.1) is 0 Å². The molecule has 14 heavy (non-hydrogen) atoms. The number of hydrogen-bond acceptors (Lipinski definition) is 1. The molecule has 0 saturated carbocycles. The Morgan fingerprint density at radius 2 is 2.07 bits per heavy atom. The summed E-state index contributed by atoms with van der Waals surface area (Å²) in [5, 5.41) is 3.45. The van der Waals surface area contributed by atoms with Gasteiger partial charge in [0.15, 0.2) is 0 Å². The Balaban J connectivity index is 2.32. The molecule has 0 spiro atoms. The van der Waals surface area contributed by atoms with Crippen molar-refractivity contribution in [3.63, 3.8) is 0 Å². The number of fused-ring (bicyclic) bond motifs is 1. The Labute approximate surface area is 86.5 Å². The SMILES string of the molecule is CC(C)c1ccc2c(c1)CCCNC2. The zero-order chi connectivity index (χ0) is 9.97. The monoisotopic (exact) mass is 189 g/mol. The van der Waals surface area contributed by atoms with E-state index in [0.29, 0.717) is 5.92 Å². The molecule has 1 aliphatic heterocycles. The van der Waals surface area contributed by atoms with Crippen LogP contribution in [-0.4, -0.2) is 6.54 Å². The van der Waals surface area contributed by atoms with Crippen LogP contribution >= 0.6 is 0 Å². The van der Waals surface area contributed by atoms with Crippen LogP contribution in [0.1, 0.15) is 42.9 Å². The molecule has 0 amide bonds. The molecule has 0 bridgehead atoms. The van der Waals surface area contributed by atoms with Gasteiger partial charge in [0.2, 0.25) is 0 Å². The van der Waals surface area contributed by atoms with Gasteiger partial charge in [-0.1, -0.05) is 32.0 Å². The third-order valence-electron chi connectivity index (χ3n) is 3.01. The molecule has 0 aromatic heterocycles. The van der Waals surface area contributed by atoms with E-state index in [-0.39, 0.29) is 0 Å². The molecule has 1 aliphatic rings. The van der Waals surface area contributed by atoms with Crippen LogP contribution in [0.15, 0.2) is 18.2 Å². The van der Waals surface area contributed by atoms with Crippen molar-refractivity contribution < 1.29 is 0 Å². The maximum absolute atomic E-state index is 3.45. The van der Waals surface area contributed by atoms with Gasteiger partial charge in [-0.2, -0.15) is 0 Å². The second-order valence-corrected chi connectivity index (χ2v) is 4.46. The third kappa shape index (κ3) is 1.98. The minimum Gasteiger partial charge on any atom is -0.313 e. The lowest BCUT2D eigenvalue weighted by Gasteiger charge is -2.10. The molecule has 1 aromatic rings. The predicted octanol–water partition coefficient (Wildman–Crippen LogP) is 2.85. The molecule has 1 heteroatoms. The standard InChI is InChI=1S/C13H19N/c1-10(2)11-5-6-13-9-14-7-3-4-12(13)8-11/h5-6,8,10,14H,3-4,7,9H2,1-2H3. The van der Waals surface area contributed by atoms with Gasteiger partial charge in [0.25, 0.3) is 0 Å². The molecule has 76 valence electrons. The fourth-order valence-corrected chi connectivity index (χ4v) is 2.04. The van der Waals surface area contributed by atoms with Crippen LogP contribution in [0.2, 0.25) is 0 Å². The largest absolute Gasteiger partial charge is 0.313 e. The van der Waals surface area contributed by atoms with E-state index >= 15 is 0 Å². The van der Waals surface area contributed by atoms with Crippen molar-refractivity contribution in [2.75, 3.05) is 6.54 Å². The highest BCUT2D eigenvalue weighted by Crippen LogP contribution is 2.21.